The molecule has 4 amide bonds. The van der Waals surface area contributed by atoms with E-state index in [1.165, 1.54) is 12.8 Å². The number of urea groups is 2. The number of carbonyl (C=O) groups excluding carboxylic acids is 2. The fraction of sp³-hybridized carbons (Fsp3) is 0.769. The van der Waals surface area contributed by atoms with E-state index < -0.39 is 11.9 Å². The van der Waals surface area contributed by atoms with Crippen LogP contribution >= 0.6 is 11.6 Å². The minimum absolute atomic E-state index is 0.122. The Kier molecular flexibility index (Phi) is 9.75. The number of likely N-dealkylation sites (tertiary alicyclic amines) is 1. The number of carbonyl (C=O) groups is 4. The van der Waals surface area contributed by atoms with Gasteiger partial charge in [-0.05, 0) is 57.9 Å². The van der Waals surface area contributed by atoms with E-state index in [0.717, 1.165) is 77.5 Å². The zero-order valence-corrected chi connectivity index (χ0v) is 22.5. The molecule has 5 fully saturated rings. The summed E-state index contributed by atoms with van der Waals surface area (Å²) in [5.74, 6) is -2.51. The lowest BCUT2D eigenvalue weighted by molar-refractivity contribution is -0.134. The number of hydrogen-bond donors (Lipinski definition) is 4. The summed E-state index contributed by atoms with van der Waals surface area (Å²) in [5, 5.41) is 22.2. The van der Waals surface area contributed by atoms with Crippen molar-refractivity contribution in [1.82, 2.24) is 25.3 Å². The van der Waals surface area contributed by atoms with E-state index in [2.05, 4.69) is 25.3 Å². The van der Waals surface area contributed by atoms with E-state index in [1.807, 2.05) is 0 Å². The van der Waals surface area contributed by atoms with Crippen LogP contribution in [0.2, 0.25) is 0 Å². The Morgan fingerprint density at radius 1 is 0.842 bits per heavy atom. The first kappa shape index (κ1) is 28.5. The molecule has 2 aliphatic carbocycles. The molecule has 5 atom stereocenters. The second-order valence-electron chi connectivity index (χ2n) is 11.0. The zero-order chi connectivity index (χ0) is 27.2. The molecule has 0 aromatic carbocycles. The van der Waals surface area contributed by atoms with Crippen molar-refractivity contribution in [3.63, 3.8) is 0 Å². The van der Waals surface area contributed by atoms with Gasteiger partial charge in [-0.25, -0.2) is 19.2 Å². The summed E-state index contributed by atoms with van der Waals surface area (Å²) in [7, 11) is 0. The molecule has 3 aliphatic heterocycles. The summed E-state index contributed by atoms with van der Waals surface area (Å²) in [6.45, 7) is 4.00. The smallest absolute Gasteiger partial charge is 0.328 e. The van der Waals surface area contributed by atoms with Gasteiger partial charge in [0.05, 0.1) is 24.2 Å². The van der Waals surface area contributed by atoms with Crippen LogP contribution < -0.4 is 10.6 Å². The summed E-state index contributed by atoms with van der Waals surface area (Å²) >= 11 is 6.32. The first-order chi connectivity index (χ1) is 18.2. The van der Waals surface area contributed by atoms with Gasteiger partial charge in [0.25, 0.3) is 0 Å². The molecule has 5 unspecified atom stereocenters. The number of nitrogens with zero attached hydrogens (tertiary/aromatic N) is 3. The number of fused-ring (bicyclic) bond motifs is 2. The monoisotopic (exact) mass is 553 g/mol. The van der Waals surface area contributed by atoms with Gasteiger partial charge in [0.2, 0.25) is 0 Å². The fourth-order valence-corrected chi connectivity index (χ4v) is 7.07. The number of piperidine rings is 1. The maximum Gasteiger partial charge on any atom is 0.328 e. The Bertz CT molecular complexity index is 895. The molecular weight excluding hydrogens is 514 g/mol. The molecular formula is C26H40ClN5O6. The highest BCUT2D eigenvalue weighted by Crippen LogP contribution is 2.34. The number of carboxylic acids is 2. The quantitative estimate of drug-likeness (QED) is 0.280. The maximum absolute atomic E-state index is 12.6. The first-order valence-corrected chi connectivity index (χ1v) is 14.3. The second kappa shape index (κ2) is 13.0. The summed E-state index contributed by atoms with van der Waals surface area (Å²) in [6, 6.07) is 2.00. The normalized spacial score (nSPS) is 31.8. The van der Waals surface area contributed by atoms with Gasteiger partial charge in [0.15, 0.2) is 0 Å². The van der Waals surface area contributed by atoms with Gasteiger partial charge in [0.1, 0.15) is 0 Å². The molecule has 212 valence electrons. The van der Waals surface area contributed by atoms with Gasteiger partial charge in [-0.15, -0.1) is 11.6 Å². The summed E-state index contributed by atoms with van der Waals surface area (Å²) in [6.07, 6.45) is 12.0. The highest BCUT2D eigenvalue weighted by atomic mass is 35.5. The lowest BCUT2D eigenvalue weighted by atomic mass is 9.89. The van der Waals surface area contributed by atoms with Crippen LogP contribution in [-0.2, 0) is 9.59 Å². The van der Waals surface area contributed by atoms with Gasteiger partial charge < -0.3 is 35.5 Å². The number of hydrogen-bond acceptors (Lipinski definition) is 5. The standard InChI is InChI=1S/C22H36ClN5O2.C4H4O4/c23-15-6-7-20-18(14-15)25-22(30)28(20)16-8-12-26(13-9-16)10-3-11-27-19-5-2-1-4-17(19)24-21(27)29;5-3(6)1-2-4(7)8/h15-20H,1-14H2,(H,24,29)(H,25,30);1-2H,(H,5,6)(H,7,8)/b;2-1-. The molecule has 4 N–H and O–H groups in total. The third-order valence-electron chi connectivity index (χ3n) is 8.54. The molecule has 3 saturated heterocycles. The number of alkyl halides is 1. The van der Waals surface area contributed by atoms with E-state index in [1.54, 1.807) is 0 Å². The Hall–Kier alpha value is -2.53. The Morgan fingerprint density at radius 3 is 2.18 bits per heavy atom. The summed E-state index contributed by atoms with van der Waals surface area (Å²) in [4.78, 5) is 50.8. The molecule has 0 radical (unpaired) electrons. The Labute approximate surface area is 228 Å². The molecule has 0 aromatic rings. The lowest BCUT2D eigenvalue weighted by Gasteiger charge is -2.41. The highest BCUT2D eigenvalue weighted by Gasteiger charge is 2.46. The van der Waals surface area contributed by atoms with E-state index in [-0.39, 0.29) is 23.5 Å². The molecule has 0 bridgehead atoms. The number of rotatable bonds is 7. The average Bonchev–Trinajstić information content (AvgIpc) is 3.38. The third-order valence-corrected chi connectivity index (χ3v) is 8.94. The average molecular weight is 554 g/mol. The maximum atomic E-state index is 12.6. The fourth-order valence-electron chi connectivity index (χ4n) is 6.75. The van der Waals surface area contributed by atoms with Crippen LogP contribution in [0.5, 0.6) is 0 Å². The van der Waals surface area contributed by atoms with Crippen molar-refractivity contribution in [3.05, 3.63) is 12.2 Å². The van der Waals surface area contributed by atoms with Crippen molar-refractivity contribution in [2.75, 3.05) is 26.2 Å². The van der Waals surface area contributed by atoms with Gasteiger partial charge in [-0.2, -0.15) is 0 Å². The van der Waals surface area contributed by atoms with Crippen molar-refractivity contribution in [2.24, 2.45) is 0 Å². The van der Waals surface area contributed by atoms with Crippen LogP contribution in [0.4, 0.5) is 9.59 Å². The number of halogens is 1. The molecule has 5 aliphatic rings. The van der Waals surface area contributed by atoms with E-state index >= 15 is 0 Å². The van der Waals surface area contributed by atoms with Crippen molar-refractivity contribution >= 4 is 35.6 Å². The van der Waals surface area contributed by atoms with Gasteiger partial charge in [-0.1, -0.05) is 12.8 Å². The van der Waals surface area contributed by atoms with E-state index in [0.29, 0.717) is 36.3 Å². The Balaban J connectivity index is 0.000000368. The second-order valence-corrected chi connectivity index (χ2v) is 11.6. The number of carboxylic acid groups (broad SMARTS) is 2. The minimum atomic E-state index is -1.26. The van der Waals surface area contributed by atoms with Crippen molar-refractivity contribution in [1.29, 1.82) is 0 Å². The zero-order valence-electron chi connectivity index (χ0n) is 21.8. The van der Waals surface area contributed by atoms with Crippen molar-refractivity contribution < 1.29 is 29.4 Å². The van der Waals surface area contributed by atoms with Crippen LogP contribution in [0.15, 0.2) is 12.2 Å². The van der Waals surface area contributed by atoms with Crippen LogP contribution in [-0.4, -0.2) is 111 Å². The SMILES string of the molecule is O=C(O)/C=C\C(=O)O.O=C1NC2CCCCC2N1CCCN1CCC(N2C(=O)NC3CC(Cl)CCC32)CC1. The number of amides is 4. The number of nitrogens with one attached hydrogen (secondary N) is 2. The largest absolute Gasteiger partial charge is 0.478 e. The van der Waals surface area contributed by atoms with Crippen molar-refractivity contribution in [2.45, 2.75) is 99.8 Å². The van der Waals surface area contributed by atoms with Gasteiger partial charge in [-0.3, -0.25) is 0 Å². The van der Waals surface area contributed by atoms with Crippen molar-refractivity contribution in [3.8, 4) is 0 Å². The van der Waals surface area contributed by atoms with E-state index in [4.69, 9.17) is 21.8 Å². The third kappa shape index (κ3) is 7.11. The molecule has 12 heteroatoms. The van der Waals surface area contributed by atoms with E-state index in [9.17, 15) is 19.2 Å². The summed E-state index contributed by atoms with van der Waals surface area (Å²) in [5.41, 5.74) is 0. The minimum Gasteiger partial charge on any atom is -0.478 e. The first-order valence-electron chi connectivity index (χ1n) is 13.9. The Morgan fingerprint density at radius 2 is 1.50 bits per heavy atom. The molecule has 0 spiro atoms. The van der Waals surface area contributed by atoms with Gasteiger partial charge in [0, 0.05) is 43.2 Å². The topological polar surface area (TPSA) is 143 Å². The summed E-state index contributed by atoms with van der Waals surface area (Å²) < 4.78 is 0. The number of aliphatic carboxylic acids is 2. The molecule has 3 heterocycles. The predicted octanol–water partition coefficient (Wildman–Crippen LogP) is 2.44. The van der Waals surface area contributed by atoms with Gasteiger partial charge >= 0.3 is 24.0 Å². The van der Waals surface area contributed by atoms with Crippen LogP contribution in [0.3, 0.4) is 0 Å². The molecule has 0 aromatic heterocycles. The highest BCUT2D eigenvalue weighted by molar-refractivity contribution is 6.20. The lowest BCUT2D eigenvalue weighted by Crippen LogP contribution is -2.50. The van der Waals surface area contributed by atoms with Crippen LogP contribution in [0.25, 0.3) is 0 Å². The predicted molar refractivity (Wildman–Crippen MR) is 141 cm³/mol. The molecule has 2 saturated carbocycles. The molecule has 38 heavy (non-hydrogen) atoms. The van der Waals surface area contributed by atoms with Crippen LogP contribution in [0, 0.1) is 0 Å². The molecule has 11 nitrogen and oxygen atoms in total. The molecule has 5 rings (SSSR count). The van der Waals surface area contributed by atoms with Crippen LogP contribution in [0.1, 0.15) is 64.2 Å².